The first kappa shape index (κ1) is 42.0. The van der Waals surface area contributed by atoms with Crippen molar-refractivity contribution in [2.24, 2.45) is 13.0 Å². The van der Waals surface area contributed by atoms with E-state index < -0.39 is 93.5 Å². The van der Waals surface area contributed by atoms with Crippen LogP contribution in [0.1, 0.15) is 58.8 Å². The summed E-state index contributed by atoms with van der Waals surface area (Å²) in [6.07, 6.45) is -2.89. The predicted molar refractivity (Wildman–Crippen MR) is 216 cm³/mol. The van der Waals surface area contributed by atoms with Crippen molar-refractivity contribution in [1.82, 2.24) is 39.4 Å². The third-order valence-corrected chi connectivity index (χ3v) is 11.9. The summed E-state index contributed by atoms with van der Waals surface area (Å²) in [5.74, 6) is -10.0. The van der Waals surface area contributed by atoms with Crippen LogP contribution in [0, 0.1) is 30.3 Å². The number of alkyl halides is 4. The molecule has 7 aromatic rings. The Balaban J connectivity index is 1.27. The van der Waals surface area contributed by atoms with Gasteiger partial charge in [0.2, 0.25) is 15.9 Å². The largest absolute Gasteiger partial charge is 0.344 e. The molecule has 4 heterocycles. The van der Waals surface area contributed by atoms with Gasteiger partial charge in [0.25, 0.3) is 17.9 Å². The van der Waals surface area contributed by atoms with Crippen LogP contribution in [-0.2, 0) is 40.8 Å². The molecule has 0 unspecified atom stereocenters. The minimum Gasteiger partial charge on any atom is -0.344 e. The van der Waals surface area contributed by atoms with E-state index >= 15 is 13.2 Å². The number of amides is 1. The standard InChI is InChI=1S/C41H31ClF7N9O4S/c1-17-4-8-26(45)33(50-17)19-5-6-22-27(13-19)52-39(58(40(22)60)29-9-7-25(42)32-35(29)56(2)54-38(32)55-63(3,61)62)28(12-18-10-20(43)14-21(44)11-18)51-30(59)16-57-36-31(34(53-57)37(46)47)23-15-24(23)41(36,48)49/h4-11,13-14,23-24,28,37H,12,15-16H2,1-3H3,(H,51,59)(H,54,55)/t23-,24+,28-/m0/s1. The summed E-state index contributed by atoms with van der Waals surface area (Å²) < 4.78 is 134. The van der Waals surface area contributed by atoms with Crippen molar-refractivity contribution in [3.05, 3.63) is 128 Å². The molecule has 1 fully saturated rings. The first-order chi connectivity index (χ1) is 29.7. The number of aryl methyl sites for hydroxylation is 2. The van der Waals surface area contributed by atoms with E-state index in [4.69, 9.17) is 16.6 Å². The Morgan fingerprint density at radius 2 is 1.73 bits per heavy atom. The number of pyridine rings is 1. The van der Waals surface area contributed by atoms with Crippen LogP contribution in [0.2, 0.25) is 5.02 Å². The third kappa shape index (κ3) is 7.35. The van der Waals surface area contributed by atoms with Crippen LogP contribution in [0.5, 0.6) is 0 Å². The number of carbonyl (C=O) groups excluding carboxylic acids is 1. The topological polar surface area (TPSA) is 159 Å². The van der Waals surface area contributed by atoms with Gasteiger partial charge in [0.15, 0.2) is 5.82 Å². The highest BCUT2D eigenvalue weighted by Crippen LogP contribution is 2.68. The monoisotopic (exact) mass is 913 g/mol. The Labute approximate surface area is 356 Å². The SMILES string of the molecule is Cc1ccc(F)c(-c2ccc3c(=O)n(-c4ccc(Cl)c5c(NS(C)(=O)=O)nn(C)c45)c([C@H](Cc4cc(F)cc(F)c4)NC(=O)Cn4nc(C(F)F)c5c4C(F)(F)[C@@H]4C[C@H]54)nc3c2)n1. The number of benzene rings is 3. The first-order valence-electron chi connectivity index (χ1n) is 19.0. The molecule has 1 saturated carbocycles. The van der Waals surface area contributed by atoms with Gasteiger partial charge >= 0.3 is 0 Å². The predicted octanol–water partition coefficient (Wildman–Crippen LogP) is 7.53. The smallest absolute Gasteiger partial charge is 0.293 e. The molecule has 2 N–H and O–H groups in total. The third-order valence-electron chi connectivity index (χ3n) is 11.1. The van der Waals surface area contributed by atoms with E-state index in [0.717, 1.165) is 23.0 Å². The fourth-order valence-electron chi connectivity index (χ4n) is 8.47. The molecule has 1 amide bonds. The molecule has 0 saturated heterocycles. The van der Waals surface area contributed by atoms with Gasteiger partial charge in [0.05, 0.1) is 44.8 Å². The molecule has 0 bridgehead atoms. The Morgan fingerprint density at radius 1 is 1.00 bits per heavy atom. The zero-order chi connectivity index (χ0) is 45.0. The summed E-state index contributed by atoms with van der Waals surface area (Å²) >= 11 is 6.61. The molecule has 0 aliphatic heterocycles. The van der Waals surface area contributed by atoms with Crippen molar-refractivity contribution < 1.29 is 43.9 Å². The van der Waals surface area contributed by atoms with Gasteiger partial charge in [0.1, 0.15) is 46.9 Å². The van der Waals surface area contributed by atoms with E-state index in [1.165, 1.54) is 54.2 Å². The molecule has 3 aromatic carbocycles. The molecule has 0 radical (unpaired) electrons. The highest BCUT2D eigenvalue weighted by atomic mass is 35.5. The molecule has 2 aliphatic carbocycles. The fraction of sp³-hybridized carbons (Fsp3) is 0.268. The Hall–Kier alpha value is -6.35. The molecule has 3 atom stereocenters. The summed E-state index contributed by atoms with van der Waals surface area (Å²) in [7, 11) is -2.51. The maximum absolute atomic E-state index is 15.5. The van der Waals surface area contributed by atoms with Crippen molar-refractivity contribution in [1.29, 1.82) is 0 Å². The molecule has 4 aromatic heterocycles. The van der Waals surface area contributed by atoms with E-state index in [0.29, 0.717) is 16.4 Å². The van der Waals surface area contributed by atoms with Gasteiger partial charge in [-0.3, -0.25) is 33.2 Å². The second kappa shape index (κ2) is 14.9. The highest BCUT2D eigenvalue weighted by molar-refractivity contribution is 7.92. The number of hydrogen-bond acceptors (Lipinski definition) is 8. The molecule has 0 spiro atoms. The molecule has 326 valence electrons. The van der Waals surface area contributed by atoms with Gasteiger partial charge in [-0.05, 0) is 73.4 Å². The van der Waals surface area contributed by atoms with E-state index in [1.807, 2.05) is 0 Å². The molecule has 2 aliphatic rings. The fourth-order valence-corrected chi connectivity index (χ4v) is 9.21. The van der Waals surface area contributed by atoms with Crippen LogP contribution in [0.4, 0.5) is 36.6 Å². The molecule has 13 nitrogen and oxygen atoms in total. The Kier molecular flexibility index (Phi) is 9.92. The molecule has 63 heavy (non-hydrogen) atoms. The van der Waals surface area contributed by atoms with Crippen LogP contribution in [0.15, 0.2) is 65.5 Å². The maximum Gasteiger partial charge on any atom is 0.293 e. The zero-order valence-electron chi connectivity index (χ0n) is 32.9. The highest BCUT2D eigenvalue weighted by Gasteiger charge is 2.67. The summed E-state index contributed by atoms with van der Waals surface area (Å²) in [5.41, 5.74) is -2.39. The number of hydrogen-bond donors (Lipinski definition) is 2. The lowest BCUT2D eigenvalue weighted by Crippen LogP contribution is -2.38. The zero-order valence-corrected chi connectivity index (χ0v) is 34.5. The van der Waals surface area contributed by atoms with Crippen molar-refractivity contribution in [2.75, 3.05) is 11.0 Å². The lowest BCUT2D eigenvalue weighted by molar-refractivity contribution is -0.123. The van der Waals surface area contributed by atoms with Crippen molar-refractivity contribution >= 4 is 55.2 Å². The number of nitrogens with one attached hydrogen (secondary N) is 2. The quantitative estimate of drug-likeness (QED) is 0.126. The molecule has 22 heteroatoms. The second-order valence-corrected chi connectivity index (χ2v) is 17.7. The van der Waals surface area contributed by atoms with Crippen molar-refractivity contribution in [2.45, 2.75) is 50.6 Å². The Morgan fingerprint density at radius 3 is 2.43 bits per heavy atom. The van der Waals surface area contributed by atoms with Gasteiger partial charge in [-0.25, -0.2) is 35.4 Å². The molecule has 9 rings (SSSR count). The van der Waals surface area contributed by atoms with E-state index in [9.17, 15) is 35.6 Å². The number of carbonyl (C=O) groups is 1. The van der Waals surface area contributed by atoms with Gasteiger partial charge in [-0.15, -0.1) is 0 Å². The lowest BCUT2D eigenvalue weighted by atomic mass is 10.0. The van der Waals surface area contributed by atoms with Crippen molar-refractivity contribution in [3.63, 3.8) is 0 Å². The van der Waals surface area contributed by atoms with Crippen LogP contribution >= 0.6 is 11.6 Å². The number of halogens is 8. The van der Waals surface area contributed by atoms with E-state index in [-0.39, 0.29) is 73.0 Å². The summed E-state index contributed by atoms with van der Waals surface area (Å²) in [4.78, 5) is 38.2. The number of rotatable bonds is 11. The van der Waals surface area contributed by atoms with Crippen LogP contribution < -0.4 is 15.6 Å². The maximum atomic E-state index is 15.5. The van der Waals surface area contributed by atoms with Gasteiger partial charge < -0.3 is 5.32 Å². The summed E-state index contributed by atoms with van der Waals surface area (Å²) in [6, 6.07) is 10.4. The average molecular weight is 914 g/mol. The van der Waals surface area contributed by atoms with Gasteiger partial charge in [0, 0.05) is 42.3 Å². The second-order valence-electron chi connectivity index (χ2n) is 15.5. The van der Waals surface area contributed by atoms with Crippen LogP contribution in [-0.4, -0.2) is 54.7 Å². The first-order valence-corrected chi connectivity index (χ1v) is 21.3. The minimum absolute atomic E-state index is 0.00174. The number of aromatic nitrogens is 7. The summed E-state index contributed by atoms with van der Waals surface area (Å²) in [5, 5.41) is 10.6. The van der Waals surface area contributed by atoms with Gasteiger partial charge in [-0.1, -0.05) is 17.7 Å². The van der Waals surface area contributed by atoms with Crippen LogP contribution in [0.3, 0.4) is 0 Å². The number of anilines is 1. The Bertz CT molecular complexity index is 3250. The van der Waals surface area contributed by atoms with E-state index in [1.54, 1.807) is 6.92 Å². The number of sulfonamides is 1. The van der Waals surface area contributed by atoms with Crippen molar-refractivity contribution in [3.8, 4) is 16.9 Å². The van der Waals surface area contributed by atoms with Gasteiger partial charge in [-0.2, -0.15) is 19.0 Å². The molecular formula is C41H31ClF7N9O4S. The normalized spacial score (nSPS) is 17.0. The number of nitrogens with zero attached hydrogens (tertiary/aromatic N) is 7. The number of fused-ring (bicyclic) bond motifs is 5. The van der Waals surface area contributed by atoms with Crippen LogP contribution in [0.25, 0.3) is 38.8 Å². The average Bonchev–Trinajstić information content (AvgIpc) is 3.73. The lowest BCUT2D eigenvalue weighted by Gasteiger charge is -2.24. The summed E-state index contributed by atoms with van der Waals surface area (Å²) in [6.45, 7) is 0.616. The molecular weight excluding hydrogens is 883 g/mol. The minimum atomic E-state index is -3.94. The van der Waals surface area contributed by atoms with E-state index in [2.05, 4.69) is 25.2 Å².